The molecule has 0 spiro atoms. The van der Waals surface area contributed by atoms with Gasteiger partial charge in [-0.15, -0.1) is 0 Å². The molecule has 0 radical (unpaired) electrons. The number of nitrogens with zero attached hydrogens (tertiary/aromatic N) is 1. The summed E-state index contributed by atoms with van der Waals surface area (Å²) in [6.07, 6.45) is 5.78. The van der Waals surface area contributed by atoms with E-state index < -0.39 is 11.0 Å². The second kappa shape index (κ2) is 5.71. The van der Waals surface area contributed by atoms with Crippen LogP contribution in [-0.2, 0) is 0 Å². The average Bonchev–Trinajstić information content (AvgIpc) is 3.15. The number of hydrogen-bond donors (Lipinski definition) is 2. The smallest absolute Gasteiger partial charge is 0.315 e. The number of nitro groups is 1. The minimum Gasteiger partial charge on any atom is -0.315 e. The molecular formula is C12H12ClN3O3. The molecule has 0 heterocycles. The van der Waals surface area contributed by atoms with Crippen LogP contribution in [0.2, 0.25) is 5.02 Å². The van der Waals surface area contributed by atoms with Crippen molar-refractivity contribution in [2.24, 2.45) is 5.92 Å². The summed E-state index contributed by atoms with van der Waals surface area (Å²) in [5.74, 6) is 0.557. The van der Waals surface area contributed by atoms with Crippen molar-refractivity contribution in [2.75, 3.05) is 5.32 Å². The van der Waals surface area contributed by atoms with Crippen LogP contribution in [0.25, 0.3) is 0 Å². The number of allylic oxidation sites excluding steroid dienone is 1. The first-order valence-electron chi connectivity index (χ1n) is 5.74. The third-order valence-electron chi connectivity index (χ3n) is 2.61. The first kappa shape index (κ1) is 13.4. The summed E-state index contributed by atoms with van der Waals surface area (Å²) < 4.78 is 0. The Labute approximate surface area is 114 Å². The van der Waals surface area contributed by atoms with Crippen molar-refractivity contribution in [2.45, 2.75) is 12.8 Å². The Balaban J connectivity index is 1.98. The van der Waals surface area contributed by atoms with Gasteiger partial charge in [0, 0.05) is 18.3 Å². The van der Waals surface area contributed by atoms with Crippen LogP contribution in [0.3, 0.4) is 0 Å². The molecule has 19 heavy (non-hydrogen) atoms. The second-order valence-electron chi connectivity index (χ2n) is 4.22. The lowest BCUT2D eigenvalue weighted by Crippen LogP contribution is -2.24. The zero-order valence-corrected chi connectivity index (χ0v) is 10.7. The van der Waals surface area contributed by atoms with Gasteiger partial charge in [-0.3, -0.25) is 10.1 Å². The van der Waals surface area contributed by atoms with Crippen molar-refractivity contribution >= 4 is 29.0 Å². The Morgan fingerprint density at radius 3 is 2.84 bits per heavy atom. The molecule has 0 aromatic heterocycles. The lowest BCUT2D eigenvalue weighted by molar-refractivity contribution is -0.384. The summed E-state index contributed by atoms with van der Waals surface area (Å²) in [4.78, 5) is 21.6. The summed E-state index contributed by atoms with van der Waals surface area (Å²) >= 11 is 5.86. The fourth-order valence-corrected chi connectivity index (χ4v) is 1.59. The highest BCUT2D eigenvalue weighted by atomic mass is 35.5. The van der Waals surface area contributed by atoms with E-state index in [0.717, 1.165) is 12.8 Å². The fraction of sp³-hybridized carbons (Fsp3) is 0.250. The molecule has 100 valence electrons. The Morgan fingerprint density at radius 2 is 2.21 bits per heavy atom. The topological polar surface area (TPSA) is 84.3 Å². The zero-order valence-electron chi connectivity index (χ0n) is 9.93. The highest BCUT2D eigenvalue weighted by molar-refractivity contribution is 6.33. The quantitative estimate of drug-likeness (QED) is 0.656. The van der Waals surface area contributed by atoms with Crippen LogP contribution < -0.4 is 10.6 Å². The van der Waals surface area contributed by atoms with Crippen LogP contribution in [0.5, 0.6) is 0 Å². The number of rotatable bonds is 4. The van der Waals surface area contributed by atoms with Crippen molar-refractivity contribution in [3.63, 3.8) is 0 Å². The number of amides is 2. The monoisotopic (exact) mass is 281 g/mol. The van der Waals surface area contributed by atoms with Gasteiger partial charge in [0.1, 0.15) is 0 Å². The van der Waals surface area contributed by atoms with E-state index in [9.17, 15) is 14.9 Å². The summed E-state index contributed by atoms with van der Waals surface area (Å²) in [7, 11) is 0. The van der Waals surface area contributed by atoms with E-state index >= 15 is 0 Å². The van der Waals surface area contributed by atoms with Crippen LogP contribution in [0.1, 0.15) is 12.8 Å². The van der Waals surface area contributed by atoms with Gasteiger partial charge in [0.2, 0.25) is 0 Å². The largest absolute Gasteiger partial charge is 0.323 e. The first-order valence-corrected chi connectivity index (χ1v) is 6.12. The molecule has 1 aliphatic rings. The summed E-state index contributed by atoms with van der Waals surface area (Å²) in [5.41, 5.74) is 0.0708. The average molecular weight is 282 g/mol. The van der Waals surface area contributed by atoms with Crippen molar-refractivity contribution in [1.29, 1.82) is 0 Å². The van der Waals surface area contributed by atoms with Crippen LogP contribution in [-0.4, -0.2) is 11.0 Å². The lowest BCUT2D eigenvalue weighted by atomic mass is 10.3. The van der Waals surface area contributed by atoms with Crippen LogP contribution >= 0.6 is 11.6 Å². The number of non-ortho nitro benzene ring substituents is 1. The van der Waals surface area contributed by atoms with Gasteiger partial charge in [-0.25, -0.2) is 4.79 Å². The molecule has 0 saturated heterocycles. The number of carbonyl (C=O) groups is 1. The Kier molecular flexibility index (Phi) is 4.01. The highest BCUT2D eigenvalue weighted by Crippen LogP contribution is 2.29. The van der Waals surface area contributed by atoms with E-state index in [-0.39, 0.29) is 16.4 Å². The molecule has 0 unspecified atom stereocenters. The van der Waals surface area contributed by atoms with Gasteiger partial charge in [-0.05, 0) is 24.8 Å². The number of anilines is 1. The molecule has 2 N–H and O–H groups in total. The molecule has 1 aliphatic carbocycles. The SMILES string of the molecule is O=C(N/C=C/C1CC1)Nc1cc([N+](=O)[O-])ccc1Cl. The molecule has 2 rings (SSSR count). The van der Waals surface area contributed by atoms with Gasteiger partial charge in [-0.1, -0.05) is 17.7 Å². The van der Waals surface area contributed by atoms with Crippen molar-refractivity contribution < 1.29 is 9.72 Å². The van der Waals surface area contributed by atoms with Crippen LogP contribution in [0.15, 0.2) is 30.5 Å². The van der Waals surface area contributed by atoms with E-state index in [1.54, 1.807) is 6.20 Å². The molecule has 0 bridgehead atoms. The normalized spacial score (nSPS) is 14.4. The molecule has 1 saturated carbocycles. The van der Waals surface area contributed by atoms with E-state index in [2.05, 4.69) is 10.6 Å². The van der Waals surface area contributed by atoms with E-state index in [1.807, 2.05) is 6.08 Å². The van der Waals surface area contributed by atoms with E-state index in [0.29, 0.717) is 5.92 Å². The predicted molar refractivity (Wildman–Crippen MR) is 72.1 cm³/mol. The maximum Gasteiger partial charge on any atom is 0.323 e. The van der Waals surface area contributed by atoms with Crippen LogP contribution in [0.4, 0.5) is 16.2 Å². The Morgan fingerprint density at radius 1 is 1.47 bits per heavy atom. The molecule has 6 nitrogen and oxygen atoms in total. The predicted octanol–water partition coefficient (Wildman–Crippen LogP) is 3.29. The Bertz CT molecular complexity index is 541. The standard InChI is InChI=1S/C12H12ClN3O3/c13-10-4-3-9(16(18)19)7-11(10)15-12(17)14-6-5-8-1-2-8/h3-8H,1-2H2,(H2,14,15,17)/b6-5+. The van der Waals surface area contributed by atoms with Gasteiger partial charge >= 0.3 is 6.03 Å². The molecule has 0 aliphatic heterocycles. The summed E-state index contributed by atoms with van der Waals surface area (Å²) in [5, 5.41) is 15.9. The number of nitrogens with one attached hydrogen (secondary N) is 2. The first-order chi connectivity index (χ1) is 9.06. The second-order valence-corrected chi connectivity index (χ2v) is 4.62. The van der Waals surface area contributed by atoms with Gasteiger partial charge < -0.3 is 10.6 Å². The maximum atomic E-state index is 11.5. The summed E-state index contributed by atoms with van der Waals surface area (Å²) in [6.45, 7) is 0. The fourth-order valence-electron chi connectivity index (χ4n) is 1.43. The number of nitro benzene ring substituents is 1. The third-order valence-corrected chi connectivity index (χ3v) is 2.94. The van der Waals surface area contributed by atoms with Crippen molar-refractivity contribution in [3.8, 4) is 0 Å². The molecule has 1 fully saturated rings. The molecule has 7 heteroatoms. The number of urea groups is 1. The van der Waals surface area contributed by atoms with Gasteiger partial charge in [0.05, 0.1) is 15.6 Å². The van der Waals surface area contributed by atoms with Crippen molar-refractivity contribution in [1.82, 2.24) is 5.32 Å². The summed E-state index contributed by atoms with van der Waals surface area (Å²) in [6, 6.07) is 3.37. The van der Waals surface area contributed by atoms with Crippen molar-refractivity contribution in [3.05, 3.63) is 45.6 Å². The van der Waals surface area contributed by atoms with E-state index in [4.69, 9.17) is 11.6 Å². The minimum absolute atomic E-state index is 0.131. The number of benzene rings is 1. The molecule has 1 aromatic rings. The Hall–Kier alpha value is -2.08. The molecule has 0 atom stereocenters. The zero-order chi connectivity index (χ0) is 13.8. The van der Waals surface area contributed by atoms with Crippen LogP contribution in [0, 0.1) is 16.0 Å². The molecule has 1 aromatic carbocycles. The maximum absolute atomic E-state index is 11.5. The number of hydrogen-bond acceptors (Lipinski definition) is 3. The lowest BCUT2D eigenvalue weighted by Gasteiger charge is -2.06. The van der Waals surface area contributed by atoms with E-state index in [1.165, 1.54) is 18.2 Å². The minimum atomic E-state index is -0.549. The number of carbonyl (C=O) groups excluding carboxylic acids is 1. The molecule has 2 amide bonds. The van der Waals surface area contributed by atoms with Gasteiger partial charge in [0.15, 0.2) is 0 Å². The highest BCUT2D eigenvalue weighted by Gasteiger charge is 2.17. The van der Waals surface area contributed by atoms with Gasteiger partial charge in [-0.2, -0.15) is 0 Å². The number of halogens is 1. The molecular weight excluding hydrogens is 270 g/mol. The van der Waals surface area contributed by atoms with Gasteiger partial charge in [0.25, 0.3) is 5.69 Å². The third kappa shape index (κ3) is 3.96.